The summed E-state index contributed by atoms with van der Waals surface area (Å²) in [5.41, 5.74) is 0. The SMILES string of the molecule is COC(=O)CC1SC(=O)NC1=S. The number of nitrogens with one attached hydrogen (secondary N) is 1. The van der Waals surface area contributed by atoms with Crippen molar-refractivity contribution in [3.63, 3.8) is 0 Å². The third-order valence-electron chi connectivity index (χ3n) is 1.35. The normalized spacial score (nSPS) is 22.2. The minimum atomic E-state index is -0.355. The second-order valence-corrected chi connectivity index (χ2v) is 3.78. The number of hydrogen-bond acceptors (Lipinski definition) is 5. The molecule has 1 N–H and O–H groups in total. The Morgan fingerprint density at radius 1 is 1.83 bits per heavy atom. The van der Waals surface area contributed by atoms with Crippen LogP contribution in [0, 0.1) is 0 Å². The first-order chi connectivity index (χ1) is 5.63. The molecule has 1 aliphatic heterocycles. The minimum absolute atomic E-state index is 0.152. The summed E-state index contributed by atoms with van der Waals surface area (Å²) in [6.07, 6.45) is 0.152. The maximum atomic E-state index is 10.8. The number of carbonyl (C=O) groups excluding carboxylic acids is 2. The fourth-order valence-corrected chi connectivity index (χ4v) is 1.96. The Labute approximate surface area is 79.0 Å². The van der Waals surface area contributed by atoms with E-state index < -0.39 is 0 Å². The Morgan fingerprint density at radius 3 is 2.92 bits per heavy atom. The van der Waals surface area contributed by atoms with Gasteiger partial charge in [-0.15, -0.1) is 0 Å². The Morgan fingerprint density at radius 2 is 2.50 bits per heavy atom. The van der Waals surface area contributed by atoms with Crippen LogP contribution in [0.15, 0.2) is 0 Å². The van der Waals surface area contributed by atoms with Crippen molar-refractivity contribution >= 4 is 40.2 Å². The first-order valence-corrected chi connectivity index (χ1v) is 4.50. The summed E-state index contributed by atoms with van der Waals surface area (Å²) >= 11 is 5.85. The van der Waals surface area contributed by atoms with E-state index in [1.165, 1.54) is 7.11 Å². The average Bonchev–Trinajstić information content (AvgIpc) is 2.30. The second-order valence-electron chi connectivity index (χ2n) is 2.16. The molecule has 0 aromatic heterocycles. The number of thioether (sulfide) groups is 1. The standard InChI is InChI=1S/C6H7NO3S2/c1-10-4(8)2-3-5(11)7-6(9)12-3/h3H,2H2,1H3,(H,7,9,11). The molecule has 1 aliphatic rings. The van der Waals surface area contributed by atoms with Gasteiger partial charge in [0.1, 0.15) is 0 Å². The maximum Gasteiger partial charge on any atom is 0.307 e. The Bertz CT molecular complexity index is 241. The molecule has 66 valence electrons. The Balaban J connectivity index is 2.48. The van der Waals surface area contributed by atoms with Crippen LogP contribution < -0.4 is 5.32 Å². The van der Waals surface area contributed by atoms with Crippen molar-refractivity contribution in [1.82, 2.24) is 5.32 Å². The predicted molar refractivity (Wildman–Crippen MR) is 49.1 cm³/mol. The fourth-order valence-electron chi connectivity index (χ4n) is 0.762. The average molecular weight is 205 g/mol. The lowest BCUT2D eigenvalue weighted by atomic mass is 10.3. The lowest BCUT2D eigenvalue weighted by Gasteiger charge is -2.03. The molecule has 0 aromatic carbocycles. The van der Waals surface area contributed by atoms with E-state index in [9.17, 15) is 9.59 Å². The van der Waals surface area contributed by atoms with Crippen molar-refractivity contribution in [2.45, 2.75) is 11.7 Å². The molecule has 1 saturated heterocycles. The van der Waals surface area contributed by atoms with Gasteiger partial charge in [-0.05, 0) is 0 Å². The third kappa shape index (κ3) is 2.18. The van der Waals surface area contributed by atoms with Gasteiger partial charge in [-0.1, -0.05) is 24.0 Å². The van der Waals surface area contributed by atoms with Crippen LogP contribution in [-0.4, -0.2) is 28.6 Å². The molecule has 1 rings (SSSR count). The molecule has 1 fully saturated rings. The molecule has 0 radical (unpaired) electrons. The summed E-state index contributed by atoms with van der Waals surface area (Å²) in [7, 11) is 1.31. The van der Waals surface area contributed by atoms with E-state index >= 15 is 0 Å². The molecule has 1 heterocycles. The van der Waals surface area contributed by atoms with Crippen molar-refractivity contribution in [2.75, 3.05) is 7.11 Å². The van der Waals surface area contributed by atoms with Crippen molar-refractivity contribution in [3.05, 3.63) is 0 Å². The molecule has 4 nitrogen and oxygen atoms in total. The summed E-state index contributed by atoms with van der Waals surface area (Å²) in [6.45, 7) is 0. The number of esters is 1. The highest BCUT2D eigenvalue weighted by atomic mass is 32.2. The van der Waals surface area contributed by atoms with Crippen LogP contribution in [0.25, 0.3) is 0 Å². The number of ether oxygens (including phenoxy) is 1. The van der Waals surface area contributed by atoms with E-state index in [2.05, 4.69) is 10.1 Å². The number of hydrogen-bond donors (Lipinski definition) is 1. The molecule has 0 saturated carbocycles. The molecule has 0 aromatic rings. The van der Waals surface area contributed by atoms with E-state index in [-0.39, 0.29) is 22.9 Å². The highest BCUT2D eigenvalue weighted by Gasteiger charge is 2.30. The Kier molecular flexibility index (Phi) is 3.05. The van der Waals surface area contributed by atoms with Gasteiger partial charge < -0.3 is 10.1 Å². The zero-order valence-electron chi connectivity index (χ0n) is 6.33. The van der Waals surface area contributed by atoms with Crippen LogP contribution in [0.3, 0.4) is 0 Å². The van der Waals surface area contributed by atoms with Crippen LogP contribution in [0.4, 0.5) is 4.79 Å². The molecule has 0 aliphatic carbocycles. The van der Waals surface area contributed by atoms with E-state index in [1.54, 1.807) is 0 Å². The molecular weight excluding hydrogens is 198 g/mol. The number of carbonyl (C=O) groups is 2. The van der Waals surface area contributed by atoms with Gasteiger partial charge >= 0.3 is 5.97 Å². The molecule has 12 heavy (non-hydrogen) atoms. The molecular formula is C6H7NO3S2. The van der Waals surface area contributed by atoms with Gasteiger partial charge in [0.15, 0.2) is 0 Å². The van der Waals surface area contributed by atoms with Crippen LogP contribution in [-0.2, 0) is 9.53 Å². The topological polar surface area (TPSA) is 55.4 Å². The number of methoxy groups -OCH3 is 1. The third-order valence-corrected chi connectivity index (χ3v) is 2.89. The van der Waals surface area contributed by atoms with Gasteiger partial charge in [0.25, 0.3) is 5.24 Å². The summed E-state index contributed by atoms with van der Waals surface area (Å²) in [5, 5.41) is 1.99. The quantitative estimate of drug-likeness (QED) is 0.531. The zero-order valence-corrected chi connectivity index (χ0v) is 7.96. The van der Waals surface area contributed by atoms with Crippen LogP contribution >= 0.6 is 24.0 Å². The van der Waals surface area contributed by atoms with Gasteiger partial charge in [0, 0.05) is 0 Å². The fraction of sp³-hybridized carbons (Fsp3) is 0.500. The summed E-state index contributed by atoms with van der Waals surface area (Å²) in [4.78, 5) is 21.9. The molecule has 6 heteroatoms. The van der Waals surface area contributed by atoms with Crippen LogP contribution in [0.1, 0.15) is 6.42 Å². The van der Waals surface area contributed by atoms with E-state index in [0.29, 0.717) is 4.99 Å². The van der Waals surface area contributed by atoms with Gasteiger partial charge in [-0.2, -0.15) is 0 Å². The smallest absolute Gasteiger partial charge is 0.307 e. The Hall–Kier alpha value is -0.620. The van der Waals surface area contributed by atoms with Gasteiger partial charge in [0.05, 0.1) is 23.8 Å². The largest absolute Gasteiger partial charge is 0.469 e. The highest BCUT2D eigenvalue weighted by molar-refractivity contribution is 8.16. The molecule has 1 amide bonds. The first-order valence-electron chi connectivity index (χ1n) is 3.22. The van der Waals surface area contributed by atoms with E-state index in [1.807, 2.05) is 0 Å². The first kappa shape index (κ1) is 9.47. The van der Waals surface area contributed by atoms with E-state index in [4.69, 9.17) is 12.2 Å². The van der Waals surface area contributed by atoms with Crippen LogP contribution in [0.2, 0.25) is 0 Å². The number of rotatable bonds is 2. The monoisotopic (exact) mass is 205 g/mol. The lowest BCUT2D eigenvalue weighted by molar-refractivity contribution is -0.140. The summed E-state index contributed by atoms with van der Waals surface area (Å²) in [5.74, 6) is -0.355. The lowest BCUT2D eigenvalue weighted by Crippen LogP contribution is -2.24. The number of thiocarbonyl (C=S) groups is 1. The zero-order chi connectivity index (χ0) is 9.14. The number of amides is 1. The second kappa shape index (κ2) is 3.86. The van der Waals surface area contributed by atoms with Gasteiger partial charge in [-0.25, -0.2) is 0 Å². The molecule has 0 bridgehead atoms. The van der Waals surface area contributed by atoms with Crippen molar-refractivity contribution in [1.29, 1.82) is 0 Å². The van der Waals surface area contributed by atoms with Gasteiger partial charge in [0.2, 0.25) is 0 Å². The predicted octanol–water partition coefficient (Wildman–Crippen LogP) is 0.702. The highest BCUT2D eigenvalue weighted by Crippen LogP contribution is 2.22. The molecule has 1 atom stereocenters. The molecule has 0 spiro atoms. The van der Waals surface area contributed by atoms with Crippen molar-refractivity contribution < 1.29 is 14.3 Å². The maximum absolute atomic E-state index is 10.8. The van der Waals surface area contributed by atoms with Gasteiger partial charge in [-0.3, -0.25) is 9.59 Å². The molecule has 1 unspecified atom stereocenters. The van der Waals surface area contributed by atoms with Crippen molar-refractivity contribution in [2.24, 2.45) is 0 Å². The van der Waals surface area contributed by atoms with Crippen molar-refractivity contribution in [3.8, 4) is 0 Å². The van der Waals surface area contributed by atoms with E-state index in [0.717, 1.165) is 11.8 Å². The summed E-state index contributed by atoms with van der Waals surface area (Å²) in [6, 6.07) is 0. The minimum Gasteiger partial charge on any atom is -0.469 e. The summed E-state index contributed by atoms with van der Waals surface area (Å²) < 4.78 is 4.44. The van der Waals surface area contributed by atoms with Crippen LogP contribution in [0.5, 0.6) is 0 Å².